The first-order valence-corrected chi connectivity index (χ1v) is 10.4. The van der Waals surface area contributed by atoms with Gasteiger partial charge in [-0.2, -0.15) is 23.3 Å². The summed E-state index contributed by atoms with van der Waals surface area (Å²) in [5, 5.41) is 27.9. The van der Waals surface area contributed by atoms with E-state index < -0.39 is 18.9 Å². The minimum Gasteiger partial charge on any atom is -0.373 e. The Balaban J connectivity index is 1.35. The Labute approximate surface area is 186 Å². The van der Waals surface area contributed by atoms with Gasteiger partial charge in [0.1, 0.15) is 6.23 Å². The van der Waals surface area contributed by atoms with Crippen LogP contribution in [-0.4, -0.2) is 47.8 Å². The molecule has 172 valence electrons. The zero-order valence-electron chi connectivity index (χ0n) is 17.6. The summed E-state index contributed by atoms with van der Waals surface area (Å²) < 4.78 is 38.6. The Morgan fingerprint density at radius 2 is 2.03 bits per heavy atom. The maximum absolute atomic E-state index is 12.3. The van der Waals surface area contributed by atoms with E-state index in [1.165, 1.54) is 17.8 Å². The lowest BCUT2D eigenvalue weighted by Crippen LogP contribution is -2.32. The number of rotatable bonds is 7. The van der Waals surface area contributed by atoms with Crippen molar-refractivity contribution in [1.82, 2.24) is 35.3 Å². The van der Waals surface area contributed by atoms with Gasteiger partial charge < -0.3 is 10.4 Å². The number of pyridine rings is 1. The number of anilines is 2. The average molecular weight is 458 g/mol. The van der Waals surface area contributed by atoms with E-state index in [2.05, 4.69) is 30.6 Å². The highest BCUT2D eigenvalue weighted by Crippen LogP contribution is 2.47. The summed E-state index contributed by atoms with van der Waals surface area (Å²) in [5.41, 5.74) is 3.77. The molecule has 1 fully saturated rings. The topological polar surface area (TPSA) is 117 Å². The van der Waals surface area contributed by atoms with Crippen LogP contribution in [0.4, 0.5) is 24.8 Å². The van der Waals surface area contributed by atoms with Crippen LogP contribution in [0.1, 0.15) is 36.2 Å². The van der Waals surface area contributed by atoms with E-state index in [0.717, 1.165) is 29.4 Å². The number of nitrogens with one attached hydrogen (secondary N) is 3. The van der Waals surface area contributed by atoms with E-state index in [1.54, 1.807) is 17.8 Å². The van der Waals surface area contributed by atoms with E-state index in [-0.39, 0.29) is 5.69 Å². The summed E-state index contributed by atoms with van der Waals surface area (Å²) in [6, 6.07) is 7.00. The molecule has 1 aromatic carbocycles. The van der Waals surface area contributed by atoms with E-state index >= 15 is 0 Å². The van der Waals surface area contributed by atoms with Gasteiger partial charge in [0.2, 0.25) is 5.95 Å². The standard InChI is InChI=1S/C21H21F3N8O/c1-32-20(28-15-7-6-14-13(9-27-30-14)17(15)11-2-3-11)29-18(31-32)12-4-5-16(25-8-12)19(33)26-10-21(22,23)24/h4-9,11,19,26,33H,2-3,10H2,1H3,(H,27,30)(H,28,29,31). The van der Waals surface area contributed by atoms with Gasteiger partial charge in [-0.3, -0.25) is 15.4 Å². The van der Waals surface area contributed by atoms with E-state index in [1.807, 2.05) is 23.6 Å². The van der Waals surface area contributed by atoms with Crippen molar-refractivity contribution in [2.45, 2.75) is 31.2 Å². The Hall–Kier alpha value is -3.51. The first-order chi connectivity index (χ1) is 15.8. The van der Waals surface area contributed by atoms with Crippen LogP contribution in [0, 0.1) is 0 Å². The molecule has 12 heteroatoms. The molecule has 0 aliphatic heterocycles. The molecule has 0 radical (unpaired) electrons. The Morgan fingerprint density at radius 3 is 2.73 bits per heavy atom. The van der Waals surface area contributed by atoms with Gasteiger partial charge in [0.05, 0.1) is 24.0 Å². The quantitative estimate of drug-likeness (QED) is 0.313. The van der Waals surface area contributed by atoms with E-state index in [0.29, 0.717) is 23.3 Å². The lowest BCUT2D eigenvalue weighted by Gasteiger charge is -2.14. The van der Waals surface area contributed by atoms with Crippen molar-refractivity contribution >= 4 is 22.5 Å². The lowest BCUT2D eigenvalue weighted by atomic mass is 10.0. The largest absolute Gasteiger partial charge is 0.401 e. The molecule has 0 amide bonds. The molecular weight excluding hydrogens is 437 g/mol. The zero-order chi connectivity index (χ0) is 23.2. The number of fused-ring (bicyclic) bond motifs is 1. The van der Waals surface area contributed by atoms with Crippen molar-refractivity contribution < 1.29 is 18.3 Å². The molecule has 4 N–H and O–H groups in total. The number of aromatic nitrogens is 6. The molecule has 0 bridgehead atoms. The van der Waals surface area contributed by atoms with Crippen LogP contribution in [-0.2, 0) is 7.05 Å². The second-order valence-electron chi connectivity index (χ2n) is 8.01. The second-order valence-corrected chi connectivity index (χ2v) is 8.01. The van der Waals surface area contributed by atoms with Crippen LogP contribution in [0.3, 0.4) is 0 Å². The molecule has 1 aliphatic carbocycles. The highest BCUT2D eigenvalue weighted by molar-refractivity contribution is 5.89. The predicted molar refractivity (Wildman–Crippen MR) is 115 cm³/mol. The lowest BCUT2D eigenvalue weighted by molar-refractivity contribution is -0.131. The fraction of sp³-hybridized carbons (Fsp3) is 0.333. The Morgan fingerprint density at radius 1 is 1.21 bits per heavy atom. The number of aliphatic hydroxyl groups is 1. The average Bonchev–Trinajstić information content (AvgIpc) is 3.39. The highest BCUT2D eigenvalue weighted by atomic mass is 19.4. The van der Waals surface area contributed by atoms with Crippen molar-refractivity contribution in [3.05, 3.63) is 47.9 Å². The number of hydrogen-bond donors (Lipinski definition) is 4. The van der Waals surface area contributed by atoms with Crippen molar-refractivity contribution in [3.63, 3.8) is 0 Å². The predicted octanol–water partition coefficient (Wildman–Crippen LogP) is 3.52. The van der Waals surface area contributed by atoms with Gasteiger partial charge >= 0.3 is 6.18 Å². The van der Waals surface area contributed by atoms with Gasteiger partial charge in [-0.1, -0.05) is 0 Å². The van der Waals surface area contributed by atoms with Crippen LogP contribution in [0.2, 0.25) is 0 Å². The molecule has 9 nitrogen and oxygen atoms in total. The smallest absolute Gasteiger partial charge is 0.373 e. The van der Waals surface area contributed by atoms with Crippen LogP contribution in [0.5, 0.6) is 0 Å². The fourth-order valence-corrected chi connectivity index (χ4v) is 3.71. The minimum absolute atomic E-state index is 0.0692. The monoisotopic (exact) mass is 458 g/mol. The van der Waals surface area contributed by atoms with Crippen molar-refractivity contribution in [1.29, 1.82) is 0 Å². The number of benzene rings is 1. The molecule has 0 saturated heterocycles. The zero-order valence-corrected chi connectivity index (χ0v) is 17.6. The summed E-state index contributed by atoms with van der Waals surface area (Å²) in [6.07, 6.45) is -0.450. The molecule has 4 aromatic rings. The van der Waals surface area contributed by atoms with E-state index in [9.17, 15) is 18.3 Å². The number of aryl methyl sites for hydroxylation is 1. The molecule has 1 unspecified atom stereocenters. The van der Waals surface area contributed by atoms with Gasteiger partial charge in [-0.15, -0.1) is 5.10 Å². The van der Waals surface area contributed by atoms with Gasteiger partial charge in [-0.05, 0) is 48.6 Å². The summed E-state index contributed by atoms with van der Waals surface area (Å²) in [5.74, 6) is 1.41. The number of aromatic amines is 1. The third-order valence-electron chi connectivity index (χ3n) is 5.48. The normalized spacial score (nSPS) is 15.2. The summed E-state index contributed by atoms with van der Waals surface area (Å²) in [7, 11) is 1.76. The molecule has 1 saturated carbocycles. The SMILES string of the molecule is Cn1nc(-c2ccc(C(O)NCC(F)(F)F)nc2)nc1Nc1ccc2[nH]ncc2c1C1CC1. The van der Waals surface area contributed by atoms with E-state index in [4.69, 9.17) is 0 Å². The molecule has 5 rings (SSSR count). The maximum atomic E-state index is 12.3. The second kappa shape index (κ2) is 8.12. The van der Waals surface area contributed by atoms with Crippen LogP contribution in [0.25, 0.3) is 22.3 Å². The molecule has 3 aromatic heterocycles. The third-order valence-corrected chi connectivity index (χ3v) is 5.48. The number of nitrogens with zero attached hydrogens (tertiary/aromatic N) is 5. The Bertz CT molecular complexity index is 1280. The van der Waals surface area contributed by atoms with Crippen LogP contribution < -0.4 is 10.6 Å². The van der Waals surface area contributed by atoms with Crippen molar-refractivity contribution in [2.24, 2.45) is 7.05 Å². The summed E-state index contributed by atoms with van der Waals surface area (Å²) >= 11 is 0. The number of hydrogen-bond acceptors (Lipinski definition) is 7. The fourth-order valence-electron chi connectivity index (χ4n) is 3.71. The first-order valence-electron chi connectivity index (χ1n) is 10.4. The minimum atomic E-state index is -4.43. The van der Waals surface area contributed by atoms with Crippen LogP contribution >= 0.6 is 0 Å². The number of halogens is 3. The van der Waals surface area contributed by atoms with Gasteiger partial charge in [-0.25, -0.2) is 4.68 Å². The molecule has 1 aliphatic rings. The molecule has 1 atom stereocenters. The highest BCUT2D eigenvalue weighted by Gasteiger charge is 2.29. The summed E-state index contributed by atoms with van der Waals surface area (Å²) in [6.45, 7) is -1.32. The maximum Gasteiger partial charge on any atom is 0.401 e. The number of alkyl halides is 3. The molecule has 3 heterocycles. The van der Waals surface area contributed by atoms with Crippen molar-refractivity contribution in [2.75, 3.05) is 11.9 Å². The first kappa shape index (κ1) is 21.3. The van der Waals surface area contributed by atoms with Crippen molar-refractivity contribution in [3.8, 4) is 11.4 Å². The molecular formula is C21H21F3N8O. The summed E-state index contributed by atoms with van der Waals surface area (Å²) in [4.78, 5) is 8.61. The van der Waals surface area contributed by atoms with Crippen LogP contribution in [0.15, 0.2) is 36.7 Å². The number of aliphatic hydroxyl groups excluding tert-OH is 1. The molecule has 33 heavy (non-hydrogen) atoms. The molecule has 0 spiro atoms. The number of H-pyrrole nitrogens is 1. The third kappa shape index (κ3) is 4.52. The van der Waals surface area contributed by atoms with Gasteiger partial charge in [0.15, 0.2) is 5.82 Å². The van der Waals surface area contributed by atoms with Gasteiger partial charge in [0.25, 0.3) is 0 Å². The van der Waals surface area contributed by atoms with Gasteiger partial charge in [0, 0.05) is 29.9 Å². The Kier molecular flexibility index (Phi) is 5.25.